The normalized spacial score (nSPS) is 31.1. The fourth-order valence-electron chi connectivity index (χ4n) is 1.98. The Bertz CT molecular complexity index is 446. The molecule has 1 heterocycles. The Labute approximate surface area is 118 Å². The minimum Gasteiger partial charge on any atom is -0.444 e. The summed E-state index contributed by atoms with van der Waals surface area (Å²) in [6.45, 7) is -0.317. The minimum absolute atomic E-state index is 0.0705. The second-order valence-corrected chi connectivity index (χ2v) is 5.63. The number of hydrogen-bond donors (Lipinski definition) is 0. The van der Waals surface area contributed by atoms with E-state index in [0.717, 1.165) is 0 Å². The first kappa shape index (κ1) is 8.38. The zero-order valence-corrected chi connectivity index (χ0v) is 11.4. The quantitative estimate of drug-likeness (QED) is 0.776. The number of methoxy groups -OCH3 is 1. The van der Waals surface area contributed by atoms with Crippen molar-refractivity contribution in [2.45, 2.75) is 38.4 Å². The van der Waals surface area contributed by atoms with E-state index in [9.17, 15) is 4.79 Å². The van der Waals surface area contributed by atoms with Crippen LogP contribution in [0.2, 0.25) is 0 Å². The number of amides is 1. The van der Waals surface area contributed by atoms with Gasteiger partial charge in [0.05, 0.1) is 12.1 Å². The molecule has 0 radical (unpaired) electrons. The maximum Gasteiger partial charge on any atom is 0.410 e. The van der Waals surface area contributed by atoms with Crippen molar-refractivity contribution in [1.29, 1.82) is 0 Å². The molecule has 0 aliphatic carbocycles. The maximum atomic E-state index is 12.2. The number of carbonyl (C=O) groups excluding carboxylic acids is 1. The van der Waals surface area contributed by atoms with Gasteiger partial charge >= 0.3 is 6.09 Å². The van der Waals surface area contributed by atoms with Gasteiger partial charge in [-0.2, -0.15) is 0 Å². The van der Waals surface area contributed by atoms with Gasteiger partial charge < -0.3 is 19.3 Å². The SMILES string of the molecule is [2H]C([2H])([2H])N(CC1(OC)CCN(C(=O)OC(C)(C)C)C1)C([2H])([2H])[2H]. The van der Waals surface area contributed by atoms with E-state index in [0.29, 0.717) is 17.9 Å². The molecule has 1 amide bonds. The summed E-state index contributed by atoms with van der Waals surface area (Å²) in [6.07, 6.45) is -0.207. The average molecular weight is 264 g/mol. The van der Waals surface area contributed by atoms with Crippen molar-refractivity contribution < 1.29 is 22.5 Å². The molecule has 1 fully saturated rings. The van der Waals surface area contributed by atoms with Crippen molar-refractivity contribution in [3.8, 4) is 0 Å². The Kier molecular flexibility index (Phi) is 2.54. The number of ether oxygens (including phenoxy) is 2. The highest BCUT2D eigenvalue weighted by Crippen LogP contribution is 2.26. The Hall–Kier alpha value is -0.810. The van der Waals surface area contributed by atoms with Crippen molar-refractivity contribution in [3.05, 3.63) is 0 Å². The van der Waals surface area contributed by atoms with E-state index in [2.05, 4.69) is 0 Å². The van der Waals surface area contributed by atoms with E-state index in [1.807, 2.05) is 0 Å². The lowest BCUT2D eigenvalue weighted by Crippen LogP contribution is -2.45. The first-order valence-electron chi connectivity index (χ1n) is 8.90. The fraction of sp³-hybridized carbons (Fsp3) is 0.923. The van der Waals surface area contributed by atoms with Crippen LogP contribution in [0.4, 0.5) is 4.79 Å². The number of nitrogens with zero attached hydrogens (tertiary/aromatic N) is 2. The molecule has 0 aromatic heterocycles. The number of hydrogen-bond acceptors (Lipinski definition) is 4. The molecule has 1 unspecified atom stereocenters. The van der Waals surface area contributed by atoms with Crippen LogP contribution in [-0.4, -0.2) is 67.8 Å². The molecule has 1 saturated heterocycles. The van der Waals surface area contributed by atoms with Crippen LogP contribution >= 0.6 is 0 Å². The minimum atomic E-state index is -2.80. The molecule has 0 aromatic rings. The highest BCUT2D eigenvalue weighted by molar-refractivity contribution is 5.68. The molecule has 106 valence electrons. The largest absolute Gasteiger partial charge is 0.444 e. The molecular weight excluding hydrogens is 232 g/mol. The molecule has 1 atom stereocenters. The third-order valence-corrected chi connectivity index (χ3v) is 2.85. The lowest BCUT2D eigenvalue weighted by Gasteiger charge is -2.31. The molecule has 0 saturated carbocycles. The first-order chi connectivity index (χ1) is 10.6. The molecule has 0 bridgehead atoms. The highest BCUT2D eigenvalue weighted by Gasteiger charge is 2.41. The predicted octanol–water partition coefficient (Wildman–Crippen LogP) is 1.57. The second kappa shape index (κ2) is 5.45. The van der Waals surface area contributed by atoms with Gasteiger partial charge in [-0.3, -0.25) is 0 Å². The third kappa shape index (κ3) is 4.14. The van der Waals surface area contributed by atoms with E-state index < -0.39 is 31.2 Å². The molecule has 1 aliphatic heterocycles. The van der Waals surface area contributed by atoms with Crippen molar-refractivity contribution in [2.75, 3.05) is 40.7 Å². The number of likely N-dealkylation sites (N-methyl/N-ethyl adjacent to an activating group) is 1. The van der Waals surface area contributed by atoms with E-state index in [1.54, 1.807) is 20.8 Å². The van der Waals surface area contributed by atoms with Gasteiger partial charge in [-0.15, -0.1) is 0 Å². The molecule has 5 nitrogen and oxygen atoms in total. The van der Waals surface area contributed by atoms with Crippen LogP contribution in [0, 0.1) is 0 Å². The Balaban J connectivity index is 2.91. The van der Waals surface area contributed by atoms with Gasteiger partial charge in [0.25, 0.3) is 0 Å². The Morgan fingerprint density at radius 1 is 1.50 bits per heavy atom. The summed E-state index contributed by atoms with van der Waals surface area (Å²) >= 11 is 0. The van der Waals surface area contributed by atoms with Crippen molar-refractivity contribution in [1.82, 2.24) is 9.80 Å². The Morgan fingerprint density at radius 2 is 2.17 bits per heavy atom. The lowest BCUT2D eigenvalue weighted by molar-refractivity contribution is -0.0239. The van der Waals surface area contributed by atoms with E-state index in [-0.39, 0.29) is 13.1 Å². The summed E-state index contributed by atoms with van der Waals surface area (Å²) < 4.78 is 55.5. The van der Waals surface area contributed by atoms with E-state index in [4.69, 9.17) is 17.7 Å². The first-order valence-corrected chi connectivity index (χ1v) is 5.90. The van der Waals surface area contributed by atoms with Crippen LogP contribution in [-0.2, 0) is 9.47 Å². The zero-order valence-electron chi connectivity index (χ0n) is 17.4. The van der Waals surface area contributed by atoms with Gasteiger partial charge in [-0.1, -0.05) is 0 Å². The number of likely N-dealkylation sites (tertiary alicyclic amines) is 1. The van der Waals surface area contributed by atoms with Crippen LogP contribution in [0.15, 0.2) is 0 Å². The molecule has 0 spiro atoms. The van der Waals surface area contributed by atoms with Crippen LogP contribution in [0.5, 0.6) is 0 Å². The third-order valence-electron chi connectivity index (χ3n) is 2.85. The lowest BCUT2D eigenvalue weighted by atomic mass is 10.0. The molecular formula is C13H26N2O3. The van der Waals surface area contributed by atoms with Gasteiger partial charge in [0.15, 0.2) is 0 Å². The Morgan fingerprint density at radius 3 is 2.67 bits per heavy atom. The summed E-state index contributed by atoms with van der Waals surface area (Å²) in [7, 11) is 1.38. The van der Waals surface area contributed by atoms with Crippen molar-refractivity contribution in [3.63, 3.8) is 0 Å². The topological polar surface area (TPSA) is 42.0 Å². The van der Waals surface area contributed by atoms with Crippen molar-refractivity contribution in [2.24, 2.45) is 0 Å². The van der Waals surface area contributed by atoms with Crippen LogP contribution < -0.4 is 0 Å². The predicted molar refractivity (Wildman–Crippen MR) is 70.7 cm³/mol. The van der Waals surface area contributed by atoms with Gasteiger partial charge in [0.1, 0.15) is 5.60 Å². The molecule has 0 aromatic carbocycles. The number of rotatable bonds is 3. The molecule has 0 N–H and O–H groups in total. The van der Waals surface area contributed by atoms with Crippen LogP contribution in [0.1, 0.15) is 35.4 Å². The standard InChI is InChI=1S/C13H26N2O3/c1-12(2,3)18-11(16)15-8-7-13(10-15,17-6)9-14(4)5/h7-10H2,1-6H3/i4D3,5D3. The zero-order chi connectivity index (χ0) is 19.0. The van der Waals surface area contributed by atoms with Gasteiger partial charge in [0, 0.05) is 28.4 Å². The number of carbonyl (C=O) groups is 1. The van der Waals surface area contributed by atoms with Crippen LogP contribution in [0.3, 0.4) is 0 Å². The summed E-state index contributed by atoms with van der Waals surface area (Å²) in [5.41, 5.74) is -1.72. The summed E-state index contributed by atoms with van der Waals surface area (Å²) in [4.78, 5) is 14.0. The average Bonchev–Trinajstić information content (AvgIpc) is 2.76. The van der Waals surface area contributed by atoms with E-state index in [1.165, 1.54) is 12.0 Å². The summed E-state index contributed by atoms with van der Waals surface area (Å²) in [6, 6.07) is 0. The highest BCUT2D eigenvalue weighted by atomic mass is 16.6. The monoisotopic (exact) mass is 264 g/mol. The molecule has 18 heavy (non-hydrogen) atoms. The van der Waals surface area contributed by atoms with Gasteiger partial charge in [0.2, 0.25) is 0 Å². The molecule has 1 aliphatic rings. The molecule has 1 rings (SSSR count). The maximum absolute atomic E-state index is 12.2. The second-order valence-electron chi connectivity index (χ2n) is 5.63. The van der Waals surface area contributed by atoms with Gasteiger partial charge in [-0.05, 0) is 41.1 Å². The van der Waals surface area contributed by atoms with E-state index >= 15 is 0 Å². The van der Waals surface area contributed by atoms with Crippen molar-refractivity contribution >= 4 is 6.09 Å². The fourth-order valence-corrected chi connectivity index (χ4v) is 1.98. The summed E-state index contributed by atoms with van der Waals surface area (Å²) in [5.74, 6) is 0. The molecule has 5 heteroatoms. The van der Waals surface area contributed by atoms with Crippen LogP contribution in [0.25, 0.3) is 0 Å². The van der Waals surface area contributed by atoms with Gasteiger partial charge in [-0.25, -0.2) is 4.79 Å². The smallest absolute Gasteiger partial charge is 0.410 e. The summed E-state index contributed by atoms with van der Waals surface area (Å²) in [5, 5.41) is 0.